The van der Waals surface area contributed by atoms with E-state index in [0.717, 1.165) is 16.9 Å². The largest absolute Gasteiger partial charge is 0.496 e. The molecule has 4 amide bonds. The zero-order valence-corrected chi connectivity index (χ0v) is 14.3. The summed E-state index contributed by atoms with van der Waals surface area (Å²) in [6.07, 6.45) is 0. The van der Waals surface area contributed by atoms with Crippen molar-refractivity contribution in [3.8, 4) is 5.75 Å². The van der Waals surface area contributed by atoms with Gasteiger partial charge in [0.25, 0.3) is 0 Å². The van der Waals surface area contributed by atoms with E-state index >= 15 is 0 Å². The number of benzene rings is 1. The standard InChI is InChI=1S/C17H24N4O3/c1-11-4-5-15(24-3)14(8-11)12(2)19-17(23)20-6-7-21-13(10-20)9-18-16(21)22/h4-5,8,12-13H,6-7,9-10H2,1-3H3,(H,18,22)(H,19,23)/t12-,13?/m1/s1. The van der Waals surface area contributed by atoms with Gasteiger partial charge in [-0.05, 0) is 19.9 Å². The van der Waals surface area contributed by atoms with E-state index in [2.05, 4.69) is 10.6 Å². The van der Waals surface area contributed by atoms with Crippen LogP contribution in [0.5, 0.6) is 5.75 Å². The predicted octanol–water partition coefficient (Wildman–Crippen LogP) is 1.48. The number of carbonyl (C=O) groups is 2. The maximum atomic E-state index is 12.6. The molecular formula is C17H24N4O3. The molecule has 2 atom stereocenters. The van der Waals surface area contributed by atoms with Crippen molar-refractivity contribution in [3.63, 3.8) is 0 Å². The molecule has 3 rings (SSSR count). The average Bonchev–Trinajstić information content (AvgIpc) is 2.95. The summed E-state index contributed by atoms with van der Waals surface area (Å²) in [5, 5.41) is 5.86. The van der Waals surface area contributed by atoms with Crippen molar-refractivity contribution in [2.75, 3.05) is 33.3 Å². The highest BCUT2D eigenvalue weighted by Gasteiger charge is 2.37. The third kappa shape index (κ3) is 3.11. The van der Waals surface area contributed by atoms with Crippen molar-refractivity contribution in [2.24, 2.45) is 0 Å². The Morgan fingerprint density at radius 1 is 1.42 bits per heavy atom. The molecule has 2 aliphatic rings. The Balaban J connectivity index is 1.65. The SMILES string of the molecule is COc1ccc(C)cc1[C@@H](C)NC(=O)N1CCN2C(=O)NCC2C1. The van der Waals surface area contributed by atoms with Gasteiger partial charge in [-0.15, -0.1) is 0 Å². The molecule has 7 heteroatoms. The zero-order valence-electron chi connectivity index (χ0n) is 14.3. The van der Waals surface area contributed by atoms with Gasteiger partial charge in [-0.1, -0.05) is 17.7 Å². The number of carbonyl (C=O) groups excluding carboxylic acids is 2. The highest BCUT2D eigenvalue weighted by Crippen LogP contribution is 2.26. The van der Waals surface area contributed by atoms with Crippen molar-refractivity contribution < 1.29 is 14.3 Å². The lowest BCUT2D eigenvalue weighted by Crippen LogP contribution is -2.56. The highest BCUT2D eigenvalue weighted by atomic mass is 16.5. The van der Waals surface area contributed by atoms with E-state index < -0.39 is 0 Å². The Labute approximate surface area is 141 Å². The number of methoxy groups -OCH3 is 1. The molecule has 0 aliphatic carbocycles. The van der Waals surface area contributed by atoms with Crippen LogP contribution < -0.4 is 15.4 Å². The van der Waals surface area contributed by atoms with Crippen LogP contribution in [0.2, 0.25) is 0 Å². The van der Waals surface area contributed by atoms with Crippen LogP contribution in [0.25, 0.3) is 0 Å². The fourth-order valence-corrected chi connectivity index (χ4v) is 3.33. The number of hydrogen-bond acceptors (Lipinski definition) is 3. The maximum absolute atomic E-state index is 12.6. The molecule has 0 spiro atoms. The summed E-state index contributed by atoms with van der Waals surface area (Å²) in [5.74, 6) is 0.767. The van der Waals surface area contributed by atoms with Crippen LogP contribution in [-0.4, -0.2) is 61.2 Å². The summed E-state index contributed by atoms with van der Waals surface area (Å²) in [4.78, 5) is 27.8. The smallest absolute Gasteiger partial charge is 0.318 e. The van der Waals surface area contributed by atoms with Crippen LogP contribution in [0.4, 0.5) is 9.59 Å². The molecule has 2 heterocycles. The van der Waals surface area contributed by atoms with Crippen LogP contribution in [-0.2, 0) is 0 Å². The molecule has 24 heavy (non-hydrogen) atoms. The second kappa shape index (κ2) is 6.59. The van der Waals surface area contributed by atoms with Crippen molar-refractivity contribution in [1.29, 1.82) is 0 Å². The lowest BCUT2D eigenvalue weighted by atomic mass is 10.0. The van der Waals surface area contributed by atoms with Crippen molar-refractivity contribution in [1.82, 2.24) is 20.4 Å². The minimum Gasteiger partial charge on any atom is -0.496 e. The monoisotopic (exact) mass is 332 g/mol. The molecule has 0 aromatic heterocycles. The molecule has 2 N–H and O–H groups in total. The van der Waals surface area contributed by atoms with Gasteiger partial charge in [0.2, 0.25) is 0 Å². The van der Waals surface area contributed by atoms with Gasteiger partial charge >= 0.3 is 12.1 Å². The van der Waals surface area contributed by atoms with Gasteiger partial charge < -0.3 is 25.2 Å². The average molecular weight is 332 g/mol. The Hall–Kier alpha value is -2.44. The molecule has 1 aromatic carbocycles. The van der Waals surface area contributed by atoms with E-state index in [1.807, 2.05) is 32.0 Å². The fourth-order valence-electron chi connectivity index (χ4n) is 3.33. The molecular weight excluding hydrogens is 308 g/mol. The fraction of sp³-hybridized carbons (Fsp3) is 0.529. The highest BCUT2D eigenvalue weighted by molar-refractivity contribution is 5.79. The number of fused-ring (bicyclic) bond motifs is 1. The van der Waals surface area contributed by atoms with Gasteiger partial charge in [0.1, 0.15) is 5.75 Å². The Morgan fingerprint density at radius 3 is 2.96 bits per heavy atom. The first-order valence-electron chi connectivity index (χ1n) is 8.24. The molecule has 1 aromatic rings. The molecule has 1 unspecified atom stereocenters. The Bertz CT molecular complexity index is 649. The van der Waals surface area contributed by atoms with E-state index in [9.17, 15) is 9.59 Å². The first-order valence-corrected chi connectivity index (χ1v) is 8.24. The van der Waals surface area contributed by atoms with Crippen molar-refractivity contribution in [2.45, 2.75) is 25.9 Å². The lowest BCUT2D eigenvalue weighted by Gasteiger charge is -2.36. The molecule has 2 fully saturated rings. The summed E-state index contributed by atoms with van der Waals surface area (Å²) in [6.45, 7) is 6.25. The number of rotatable bonds is 3. The summed E-state index contributed by atoms with van der Waals surface area (Å²) in [5.41, 5.74) is 2.08. The van der Waals surface area contributed by atoms with E-state index in [-0.39, 0.29) is 24.1 Å². The van der Waals surface area contributed by atoms with Gasteiger partial charge in [-0.3, -0.25) is 0 Å². The molecule has 0 saturated carbocycles. The van der Waals surface area contributed by atoms with E-state index in [1.54, 1.807) is 16.9 Å². The minimum atomic E-state index is -0.159. The molecule has 0 radical (unpaired) electrons. The normalized spacial score (nSPS) is 21.1. The van der Waals surface area contributed by atoms with Gasteiger partial charge in [-0.25, -0.2) is 9.59 Å². The lowest BCUT2D eigenvalue weighted by molar-refractivity contribution is 0.128. The Kier molecular flexibility index (Phi) is 4.51. The molecule has 130 valence electrons. The third-order valence-corrected chi connectivity index (χ3v) is 4.71. The number of urea groups is 2. The Morgan fingerprint density at radius 2 is 2.21 bits per heavy atom. The number of ether oxygens (including phenoxy) is 1. The summed E-state index contributed by atoms with van der Waals surface area (Å²) >= 11 is 0. The summed E-state index contributed by atoms with van der Waals surface area (Å²) in [6, 6.07) is 5.71. The maximum Gasteiger partial charge on any atom is 0.318 e. The van der Waals surface area contributed by atoms with Crippen LogP contribution in [0.1, 0.15) is 24.1 Å². The first-order chi connectivity index (χ1) is 11.5. The summed E-state index contributed by atoms with van der Waals surface area (Å²) < 4.78 is 5.40. The first kappa shape index (κ1) is 16.4. The van der Waals surface area contributed by atoms with Gasteiger partial charge in [0, 0.05) is 31.7 Å². The van der Waals surface area contributed by atoms with Gasteiger partial charge in [-0.2, -0.15) is 0 Å². The number of nitrogens with zero attached hydrogens (tertiary/aromatic N) is 2. The molecule has 2 saturated heterocycles. The molecule has 7 nitrogen and oxygen atoms in total. The van der Waals surface area contributed by atoms with Crippen molar-refractivity contribution in [3.05, 3.63) is 29.3 Å². The quantitative estimate of drug-likeness (QED) is 0.880. The van der Waals surface area contributed by atoms with Gasteiger partial charge in [0.15, 0.2) is 0 Å². The van der Waals surface area contributed by atoms with E-state index in [1.165, 1.54) is 0 Å². The minimum absolute atomic E-state index is 0.0297. The number of amides is 4. The second-order valence-corrected chi connectivity index (χ2v) is 6.40. The van der Waals surface area contributed by atoms with Crippen LogP contribution >= 0.6 is 0 Å². The van der Waals surface area contributed by atoms with Crippen LogP contribution in [0, 0.1) is 6.92 Å². The summed E-state index contributed by atoms with van der Waals surface area (Å²) in [7, 11) is 1.63. The number of hydrogen-bond donors (Lipinski definition) is 2. The topological polar surface area (TPSA) is 73.9 Å². The second-order valence-electron chi connectivity index (χ2n) is 6.40. The predicted molar refractivity (Wildman–Crippen MR) is 90.1 cm³/mol. The third-order valence-electron chi connectivity index (χ3n) is 4.71. The van der Waals surface area contributed by atoms with Crippen LogP contribution in [0.15, 0.2) is 18.2 Å². The van der Waals surface area contributed by atoms with Crippen LogP contribution in [0.3, 0.4) is 0 Å². The number of piperazine rings is 1. The molecule has 2 aliphatic heterocycles. The molecule has 0 bridgehead atoms. The zero-order chi connectivity index (χ0) is 17.3. The number of nitrogens with one attached hydrogen (secondary N) is 2. The van der Waals surface area contributed by atoms with Crippen molar-refractivity contribution >= 4 is 12.1 Å². The van der Waals surface area contributed by atoms with Gasteiger partial charge in [0.05, 0.1) is 19.2 Å². The van der Waals surface area contributed by atoms with E-state index in [4.69, 9.17) is 4.74 Å². The van der Waals surface area contributed by atoms with E-state index in [0.29, 0.717) is 26.2 Å². The number of aryl methyl sites for hydroxylation is 1.